The first-order valence-corrected chi connectivity index (χ1v) is 9.76. The van der Waals surface area contributed by atoms with E-state index in [1.54, 1.807) is 26.0 Å². The van der Waals surface area contributed by atoms with Crippen LogP contribution in [-0.4, -0.2) is 34.6 Å². The molecule has 138 valence electrons. The summed E-state index contributed by atoms with van der Waals surface area (Å²) in [5.41, 5.74) is 4.39. The van der Waals surface area contributed by atoms with Gasteiger partial charge in [0.15, 0.2) is 10.8 Å². The molecule has 2 heterocycles. The van der Waals surface area contributed by atoms with E-state index in [0.717, 1.165) is 40.0 Å². The van der Waals surface area contributed by atoms with Gasteiger partial charge < -0.3 is 9.47 Å². The molecule has 27 heavy (non-hydrogen) atoms. The summed E-state index contributed by atoms with van der Waals surface area (Å²) in [6, 6.07) is 16.4. The maximum atomic E-state index is 5.41. The maximum absolute atomic E-state index is 5.41. The molecular formula is C21H21N3O2S. The van der Waals surface area contributed by atoms with Crippen LogP contribution in [-0.2, 0) is 6.42 Å². The highest BCUT2D eigenvalue weighted by Crippen LogP contribution is 2.29. The van der Waals surface area contributed by atoms with Gasteiger partial charge >= 0.3 is 0 Å². The first-order valence-electron chi connectivity index (χ1n) is 8.78. The van der Waals surface area contributed by atoms with Gasteiger partial charge in [0.25, 0.3) is 0 Å². The Kier molecular flexibility index (Phi) is 4.90. The molecule has 0 aliphatic heterocycles. The lowest BCUT2D eigenvalue weighted by molar-refractivity contribution is 0.414. The number of aryl methyl sites for hydroxylation is 2. The minimum atomic E-state index is 0.831. The SMILES string of the molecule is COc1ccc(CCSc2nnc3cc(C)c4ccc(OC)cc4n23)cc1. The molecule has 0 fully saturated rings. The van der Waals surface area contributed by atoms with Gasteiger partial charge in [-0.25, -0.2) is 0 Å². The molecule has 0 unspecified atom stereocenters. The Labute approximate surface area is 162 Å². The van der Waals surface area contributed by atoms with Crippen molar-refractivity contribution in [2.24, 2.45) is 0 Å². The van der Waals surface area contributed by atoms with Crippen LogP contribution < -0.4 is 9.47 Å². The van der Waals surface area contributed by atoms with Crippen molar-refractivity contribution in [3.05, 3.63) is 59.7 Å². The number of thioether (sulfide) groups is 1. The van der Waals surface area contributed by atoms with Gasteiger partial charge in [-0.05, 0) is 54.8 Å². The monoisotopic (exact) mass is 379 g/mol. The van der Waals surface area contributed by atoms with Crippen LogP contribution in [0.25, 0.3) is 16.6 Å². The number of hydrogen-bond donors (Lipinski definition) is 0. The summed E-state index contributed by atoms with van der Waals surface area (Å²) < 4.78 is 12.7. The zero-order chi connectivity index (χ0) is 18.8. The second-order valence-corrected chi connectivity index (χ2v) is 7.40. The van der Waals surface area contributed by atoms with Crippen LogP contribution in [0.5, 0.6) is 11.5 Å². The normalized spacial score (nSPS) is 11.2. The van der Waals surface area contributed by atoms with E-state index in [9.17, 15) is 0 Å². The van der Waals surface area contributed by atoms with E-state index in [-0.39, 0.29) is 0 Å². The quantitative estimate of drug-likeness (QED) is 0.460. The predicted molar refractivity (Wildman–Crippen MR) is 109 cm³/mol. The Balaban J connectivity index is 1.62. The van der Waals surface area contributed by atoms with E-state index in [0.29, 0.717) is 0 Å². The molecule has 5 nitrogen and oxygen atoms in total. The van der Waals surface area contributed by atoms with Crippen molar-refractivity contribution in [3.63, 3.8) is 0 Å². The standard InChI is InChI=1S/C21H21N3O2S/c1-14-12-20-22-23-21(24(20)19-13-17(26-3)8-9-18(14)19)27-11-10-15-4-6-16(25-2)7-5-15/h4-9,12-13H,10-11H2,1-3H3. The van der Waals surface area contributed by atoms with Gasteiger partial charge in [-0.1, -0.05) is 23.9 Å². The van der Waals surface area contributed by atoms with Gasteiger partial charge in [0, 0.05) is 17.2 Å². The molecule has 0 atom stereocenters. The molecular weight excluding hydrogens is 358 g/mol. The summed E-state index contributed by atoms with van der Waals surface area (Å²) in [5.74, 6) is 2.63. The van der Waals surface area contributed by atoms with E-state index >= 15 is 0 Å². The van der Waals surface area contributed by atoms with E-state index in [1.807, 2.05) is 24.3 Å². The third-order valence-corrected chi connectivity index (χ3v) is 5.59. The Hall–Kier alpha value is -2.73. The van der Waals surface area contributed by atoms with E-state index in [1.165, 1.54) is 16.5 Å². The zero-order valence-electron chi connectivity index (χ0n) is 15.6. The second kappa shape index (κ2) is 7.48. The number of aromatic nitrogens is 3. The number of ether oxygens (including phenoxy) is 2. The van der Waals surface area contributed by atoms with Crippen LogP contribution in [0.15, 0.2) is 53.7 Å². The first-order chi connectivity index (χ1) is 13.2. The summed E-state index contributed by atoms with van der Waals surface area (Å²) >= 11 is 1.71. The largest absolute Gasteiger partial charge is 0.497 e. The van der Waals surface area contributed by atoms with Crippen LogP contribution in [0, 0.1) is 6.92 Å². The smallest absolute Gasteiger partial charge is 0.196 e. The fraction of sp³-hybridized carbons (Fsp3) is 0.238. The molecule has 6 heteroatoms. The fourth-order valence-electron chi connectivity index (χ4n) is 3.18. The van der Waals surface area contributed by atoms with Crippen molar-refractivity contribution >= 4 is 28.3 Å². The average Bonchev–Trinajstić information content (AvgIpc) is 3.11. The second-order valence-electron chi connectivity index (χ2n) is 6.33. The van der Waals surface area contributed by atoms with Gasteiger partial charge in [0.2, 0.25) is 0 Å². The molecule has 4 aromatic rings. The van der Waals surface area contributed by atoms with Crippen LogP contribution >= 0.6 is 11.8 Å². The van der Waals surface area contributed by atoms with Gasteiger partial charge in [-0.15, -0.1) is 10.2 Å². The van der Waals surface area contributed by atoms with Gasteiger partial charge in [0.1, 0.15) is 11.5 Å². The molecule has 0 radical (unpaired) electrons. The highest BCUT2D eigenvalue weighted by Gasteiger charge is 2.12. The van der Waals surface area contributed by atoms with Gasteiger partial charge in [-0.2, -0.15) is 0 Å². The van der Waals surface area contributed by atoms with Crippen molar-refractivity contribution in [2.75, 3.05) is 20.0 Å². The maximum Gasteiger partial charge on any atom is 0.196 e. The zero-order valence-corrected chi connectivity index (χ0v) is 16.4. The van der Waals surface area contributed by atoms with E-state index in [2.05, 4.69) is 45.8 Å². The Morgan fingerprint density at radius 1 is 0.926 bits per heavy atom. The van der Waals surface area contributed by atoms with Crippen molar-refractivity contribution < 1.29 is 9.47 Å². The molecule has 2 aromatic carbocycles. The van der Waals surface area contributed by atoms with Crippen LogP contribution in [0.2, 0.25) is 0 Å². The fourth-order valence-corrected chi connectivity index (χ4v) is 4.12. The van der Waals surface area contributed by atoms with Crippen molar-refractivity contribution in [2.45, 2.75) is 18.5 Å². The lowest BCUT2D eigenvalue weighted by Gasteiger charge is -2.09. The van der Waals surface area contributed by atoms with E-state index < -0.39 is 0 Å². The molecule has 0 amide bonds. The number of rotatable bonds is 6. The van der Waals surface area contributed by atoms with E-state index in [4.69, 9.17) is 9.47 Å². The van der Waals surface area contributed by atoms with Crippen molar-refractivity contribution in [3.8, 4) is 11.5 Å². The summed E-state index contributed by atoms with van der Waals surface area (Å²) in [5, 5.41) is 10.9. The average molecular weight is 379 g/mol. The molecule has 0 N–H and O–H groups in total. The number of pyridine rings is 1. The molecule has 0 spiro atoms. The van der Waals surface area contributed by atoms with Gasteiger partial charge in [-0.3, -0.25) is 4.40 Å². The number of nitrogens with zero attached hydrogens (tertiary/aromatic N) is 3. The Morgan fingerprint density at radius 2 is 1.67 bits per heavy atom. The predicted octanol–water partition coefficient (Wildman–Crippen LogP) is 4.54. The lowest BCUT2D eigenvalue weighted by Crippen LogP contribution is -1.96. The summed E-state index contributed by atoms with van der Waals surface area (Å²) in [4.78, 5) is 0. The molecule has 0 aliphatic rings. The van der Waals surface area contributed by atoms with Crippen LogP contribution in [0.1, 0.15) is 11.1 Å². The number of methoxy groups -OCH3 is 2. The van der Waals surface area contributed by atoms with Crippen molar-refractivity contribution in [1.82, 2.24) is 14.6 Å². The van der Waals surface area contributed by atoms with Crippen molar-refractivity contribution in [1.29, 1.82) is 0 Å². The number of fused-ring (bicyclic) bond motifs is 3. The third-order valence-electron chi connectivity index (χ3n) is 4.66. The molecule has 0 aliphatic carbocycles. The Morgan fingerprint density at radius 3 is 2.41 bits per heavy atom. The summed E-state index contributed by atoms with van der Waals surface area (Å²) in [7, 11) is 3.37. The third kappa shape index (κ3) is 3.45. The molecule has 2 aromatic heterocycles. The highest BCUT2D eigenvalue weighted by atomic mass is 32.2. The highest BCUT2D eigenvalue weighted by molar-refractivity contribution is 7.99. The lowest BCUT2D eigenvalue weighted by atomic mass is 10.1. The van der Waals surface area contributed by atoms with Gasteiger partial charge in [0.05, 0.1) is 19.7 Å². The molecule has 0 saturated carbocycles. The van der Waals surface area contributed by atoms with Crippen LogP contribution in [0.3, 0.4) is 0 Å². The minimum Gasteiger partial charge on any atom is -0.497 e. The summed E-state index contributed by atoms with van der Waals surface area (Å²) in [6.07, 6.45) is 0.955. The topological polar surface area (TPSA) is 48.7 Å². The Bertz CT molecular complexity index is 1090. The first kappa shape index (κ1) is 17.7. The number of benzene rings is 2. The molecule has 4 rings (SSSR count). The molecule has 0 saturated heterocycles. The molecule has 0 bridgehead atoms. The summed E-state index contributed by atoms with van der Waals surface area (Å²) in [6.45, 7) is 2.10. The number of hydrogen-bond acceptors (Lipinski definition) is 5. The minimum absolute atomic E-state index is 0.831. The van der Waals surface area contributed by atoms with Crippen LogP contribution in [0.4, 0.5) is 0 Å².